The molecule has 0 unspecified atom stereocenters. The fraction of sp³-hybridized carbons (Fsp3) is 0.318. The van der Waals surface area contributed by atoms with Crippen LogP contribution in [0.4, 0.5) is 24.5 Å². The number of nitrogens with one attached hydrogen (secondary N) is 3. The maximum Gasteiger partial charge on any atom is 0.416 e. The van der Waals surface area contributed by atoms with Crippen LogP contribution in [0.3, 0.4) is 0 Å². The third-order valence-corrected chi connectivity index (χ3v) is 4.84. The normalized spacial score (nSPS) is 12.1. The molecule has 0 saturated heterocycles. The van der Waals surface area contributed by atoms with Crippen LogP contribution in [0.5, 0.6) is 0 Å². The van der Waals surface area contributed by atoms with E-state index in [0.29, 0.717) is 11.3 Å². The average molecular weight is 486 g/mol. The Morgan fingerprint density at radius 2 is 1.70 bits per heavy atom. The van der Waals surface area contributed by atoms with Gasteiger partial charge in [-0.25, -0.2) is 4.79 Å². The standard InChI is InChI=1S/C22H23ClF3N3O4/c1-12(2)19(29-17-9-6-14(10-16(17)23)22(24,25)26)21(32)33-11-18(30)28-15-7-4-13(5-8-15)20(31)27-3/h4-10,12,19,29H,11H2,1-3H3,(H,27,31)(H,28,30)/t19-/m0/s1. The first-order valence-corrected chi connectivity index (χ1v) is 10.2. The summed E-state index contributed by atoms with van der Waals surface area (Å²) < 4.78 is 43.5. The molecule has 0 saturated carbocycles. The van der Waals surface area contributed by atoms with E-state index in [2.05, 4.69) is 16.0 Å². The minimum Gasteiger partial charge on any atom is -0.454 e. The average Bonchev–Trinajstić information content (AvgIpc) is 2.75. The number of anilines is 2. The fourth-order valence-corrected chi connectivity index (χ4v) is 2.98. The highest BCUT2D eigenvalue weighted by molar-refractivity contribution is 6.33. The third kappa shape index (κ3) is 7.38. The predicted molar refractivity (Wildman–Crippen MR) is 118 cm³/mol. The van der Waals surface area contributed by atoms with Crippen LogP contribution in [0.15, 0.2) is 42.5 Å². The largest absolute Gasteiger partial charge is 0.454 e. The SMILES string of the molecule is CNC(=O)c1ccc(NC(=O)COC(=O)[C@@H](Nc2ccc(C(F)(F)F)cc2Cl)C(C)C)cc1. The molecular formula is C22H23ClF3N3O4. The zero-order chi connectivity index (χ0) is 24.8. The number of esters is 1. The van der Waals surface area contributed by atoms with Crippen molar-refractivity contribution in [1.82, 2.24) is 5.32 Å². The predicted octanol–water partition coefficient (Wildman–Crippen LogP) is 4.34. The van der Waals surface area contributed by atoms with Crippen molar-refractivity contribution in [3.8, 4) is 0 Å². The van der Waals surface area contributed by atoms with E-state index >= 15 is 0 Å². The van der Waals surface area contributed by atoms with Crippen LogP contribution in [0.1, 0.15) is 29.8 Å². The van der Waals surface area contributed by atoms with Gasteiger partial charge in [-0.3, -0.25) is 9.59 Å². The summed E-state index contributed by atoms with van der Waals surface area (Å²) in [5.41, 5.74) is 0.0243. The molecule has 178 valence electrons. The van der Waals surface area contributed by atoms with Crippen LogP contribution in [0.2, 0.25) is 5.02 Å². The zero-order valence-corrected chi connectivity index (χ0v) is 18.8. The van der Waals surface area contributed by atoms with Crippen molar-refractivity contribution in [2.75, 3.05) is 24.3 Å². The van der Waals surface area contributed by atoms with Crippen LogP contribution in [0.25, 0.3) is 0 Å². The molecule has 2 aromatic rings. The van der Waals surface area contributed by atoms with E-state index in [0.717, 1.165) is 18.2 Å². The van der Waals surface area contributed by atoms with Gasteiger partial charge in [-0.1, -0.05) is 25.4 Å². The molecule has 0 fully saturated rings. The lowest BCUT2D eigenvalue weighted by atomic mass is 10.0. The lowest BCUT2D eigenvalue weighted by molar-refractivity contribution is -0.149. The first-order valence-electron chi connectivity index (χ1n) is 9.84. The Hall–Kier alpha value is -3.27. The quantitative estimate of drug-likeness (QED) is 0.483. The molecule has 7 nitrogen and oxygen atoms in total. The molecule has 0 heterocycles. The summed E-state index contributed by atoms with van der Waals surface area (Å²) in [7, 11) is 1.50. The number of benzene rings is 2. The molecule has 0 radical (unpaired) electrons. The van der Waals surface area contributed by atoms with E-state index in [-0.39, 0.29) is 22.5 Å². The van der Waals surface area contributed by atoms with E-state index in [9.17, 15) is 27.6 Å². The second-order valence-corrected chi connectivity index (χ2v) is 7.78. The van der Waals surface area contributed by atoms with Crippen LogP contribution in [-0.2, 0) is 20.5 Å². The Balaban J connectivity index is 1.97. The monoisotopic (exact) mass is 485 g/mol. The lowest BCUT2D eigenvalue weighted by Crippen LogP contribution is -2.37. The number of amides is 2. The molecule has 3 N–H and O–H groups in total. The maximum absolute atomic E-state index is 12.8. The highest BCUT2D eigenvalue weighted by atomic mass is 35.5. The van der Waals surface area contributed by atoms with Gasteiger partial charge in [0.05, 0.1) is 16.3 Å². The van der Waals surface area contributed by atoms with Gasteiger partial charge in [0.2, 0.25) is 0 Å². The van der Waals surface area contributed by atoms with Crippen molar-refractivity contribution < 1.29 is 32.3 Å². The van der Waals surface area contributed by atoms with Gasteiger partial charge in [0.1, 0.15) is 6.04 Å². The summed E-state index contributed by atoms with van der Waals surface area (Å²) in [6, 6.07) is 7.86. The van der Waals surface area contributed by atoms with Crippen LogP contribution >= 0.6 is 11.6 Å². The summed E-state index contributed by atoms with van der Waals surface area (Å²) in [6.07, 6.45) is -4.55. The summed E-state index contributed by atoms with van der Waals surface area (Å²) in [6.45, 7) is 2.82. The van der Waals surface area contributed by atoms with Gasteiger partial charge in [0.25, 0.3) is 11.8 Å². The first kappa shape index (κ1) is 26.0. The second kappa shape index (κ2) is 11.0. The maximum atomic E-state index is 12.8. The molecule has 0 aromatic heterocycles. The van der Waals surface area contributed by atoms with Crippen molar-refractivity contribution in [1.29, 1.82) is 0 Å². The number of alkyl halides is 3. The Kier molecular flexibility index (Phi) is 8.69. The second-order valence-electron chi connectivity index (χ2n) is 7.37. The molecular weight excluding hydrogens is 463 g/mol. The van der Waals surface area contributed by atoms with E-state index in [1.807, 2.05) is 0 Å². The Bertz CT molecular complexity index is 1010. The Morgan fingerprint density at radius 3 is 2.21 bits per heavy atom. The van der Waals surface area contributed by atoms with Crippen molar-refractivity contribution >= 4 is 40.8 Å². The number of carbonyl (C=O) groups is 3. The summed E-state index contributed by atoms with van der Waals surface area (Å²) in [5, 5.41) is 7.58. The molecule has 2 rings (SSSR count). The third-order valence-electron chi connectivity index (χ3n) is 4.53. The number of hydrogen-bond donors (Lipinski definition) is 3. The minimum atomic E-state index is -4.55. The minimum absolute atomic E-state index is 0.126. The van der Waals surface area contributed by atoms with E-state index in [1.54, 1.807) is 13.8 Å². The molecule has 0 spiro atoms. The van der Waals surface area contributed by atoms with Gasteiger partial charge in [0, 0.05) is 18.3 Å². The number of hydrogen-bond acceptors (Lipinski definition) is 5. The molecule has 2 aromatic carbocycles. The molecule has 0 bridgehead atoms. The van der Waals surface area contributed by atoms with Gasteiger partial charge < -0.3 is 20.7 Å². The van der Waals surface area contributed by atoms with Crippen molar-refractivity contribution in [2.45, 2.75) is 26.1 Å². The molecule has 33 heavy (non-hydrogen) atoms. The van der Waals surface area contributed by atoms with Crippen molar-refractivity contribution in [2.24, 2.45) is 5.92 Å². The van der Waals surface area contributed by atoms with Gasteiger partial charge in [-0.05, 0) is 48.4 Å². The molecule has 2 amide bonds. The Morgan fingerprint density at radius 1 is 1.06 bits per heavy atom. The van der Waals surface area contributed by atoms with Crippen LogP contribution in [0, 0.1) is 5.92 Å². The summed E-state index contributed by atoms with van der Waals surface area (Å²) >= 11 is 5.94. The van der Waals surface area contributed by atoms with Crippen LogP contribution in [-0.4, -0.2) is 37.5 Å². The van der Waals surface area contributed by atoms with Gasteiger partial charge in [0.15, 0.2) is 6.61 Å². The van der Waals surface area contributed by atoms with Crippen molar-refractivity contribution in [3.05, 3.63) is 58.6 Å². The first-order chi connectivity index (χ1) is 15.4. The molecule has 0 aliphatic rings. The summed E-state index contributed by atoms with van der Waals surface area (Å²) in [5.74, 6) is -1.98. The summed E-state index contributed by atoms with van der Waals surface area (Å²) in [4.78, 5) is 36.2. The molecule has 11 heteroatoms. The number of ether oxygens (including phenoxy) is 1. The zero-order valence-electron chi connectivity index (χ0n) is 18.0. The Labute approximate surface area is 193 Å². The molecule has 0 aliphatic carbocycles. The number of rotatable bonds is 8. The topological polar surface area (TPSA) is 96.5 Å². The number of carbonyl (C=O) groups excluding carboxylic acids is 3. The van der Waals surface area contributed by atoms with Crippen molar-refractivity contribution in [3.63, 3.8) is 0 Å². The van der Waals surface area contributed by atoms with Gasteiger partial charge >= 0.3 is 12.1 Å². The van der Waals surface area contributed by atoms with Gasteiger partial charge in [-0.2, -0.15) is 13.2 Å². The van der Waals surface area contributed by atoms with E-state index in [4.69, 9.17) is 16.3 Å². The number of halogens is 4. The lowest BCUT2D eigenvalue weighted by Gasteiger charge is -2.23. The van der Waals surface area contributed by atoms with Crippen LogP contribution < -0.4 is 16.0 Å². The molecule has 0 aliphatic heterocycles. The van der Waals surface area contributed by atoms with Gasteiger partial charge in [-0.15, -0.1) is 0 Å². The highest BCUT2D eigenvalue weighted by Crippen LogP contribution is 2.34. The smallest absolute Gasteiger partial charge is 0.416 e. The van der Waals surface area contributed by atoms with E-state index in [1.165, 1.54) is 31.3 Å². The fourth-order valence-electron chi connectivity index (χ4n) is 2.75. The molecule has 1 atom stereocenters. The highest BCUT2D eigenvalue weighted by Gasteiger charge is 2.31. The van der Waals surface area contributed by atoms with E-state index < -0.39 is 36.3 Å².